The average molecular weight is 299 g/mol. The highest BCUT2D eigenvalue weighted by molar-refractivity contribution is 9.09. The van der Waals surface area contributed by atoms with Crippen LogP contribution in [0.15, 0.2) is 12.1 Å². The van der Waals surface area contributed by atoms with Gasteiger partial charge in [0.15, 0.2) is 5.78 Å². The molecule has 94 valence electrons. The van der Waals surface area contributed by atoms with Crippen LogP contribution in [-0.2, 0) is 0 Å². The number of carbonyl (C=O) groups is 1. The molecule has 0 aliphatic rings. The van der Waals surface area contributed by atoms with Crippen LogP contribution >= 0.6 is 15.9 Å². The van der Waals surface area contributed by atoms with Gasteiger partial charge in [-0.05, 0) is 49.9 Å². The van der Waals surface area contributed by atoms with Crippen molar-refractivity contribution in [1.29, 1.82) is 0 Å². The quantitative estimate of drug-likeness (QED) is 0.450. The van der Waals surface area contributed by atoms with E-state index in [1.165, 1.54) is 0 Å². The summed E-state index contributed by atoms with van der Waals surface area (Å²) in [6.07, 6.45) is 2.60. The van der Waals surface area contributed by atoms with Crippen LogP contribution in [0, 0.1) is 13.8 Å². The van der Waals surface area contributed by atoms with Crippen LogP contribution in [0.1, 0.15) is 40.7 Å². The number of rotatable bonds is 6. The second kappa shape index (κ2) is 6.80. The molecule has 0 unspecified atom stereocenters. The smallest absolute Gasteiger partial charge is 0.162 e. The molecule has 2 nitrogen and oxygen atoms in total. The number of alkyl halides is 1. The van der Waals surface area contributed by atoms with Crippen molar-refractivity contribution < 1.29 is 9.53 Å². The Morgan fingerprint density at radius 3 is 2.29 bits per heavy atom. The minimum absolute atomic E-state index is 0.222. The van der Waals surface area contributed by atoms with Crippen LogP contribution in [0.25, 0.3) is 0 Å². The lowest BCUT2D eigenvalue weighted by molar-refractivity contribution is 0.0979. The third-order valence-corrected chi connectivity index (χ3v) is 3.33. The lowest BCUT2D eigenvalue weighted by Crippen LogP contribution is -2.02. The molecular formula is C14H19BrO2. The lowest BCUT2D eigenvalue weighted by atomic mass is 10.00. The third kappa shape index (κ3) is 3.84. The van der Waals surface area contributed by atoms with Gasteiger partial charge in [-0.1, -0.05) is 15.9 Å². The van der Waals surface area contributed by atoms with E-state index in [1.807, 2.05) is 26.0 Å². The molecule has 0 spiro atoms. The van der Waals surface area contributed by atoms with Crippen LogP contribution < -0.4 is 4.74 Å². The van der Waals surface area contributed by atoms with Crippen LogP contribution in [-0.4, -0.2) is 18.2 Å². The molecule has 1 rings (SSSR count). The largest absolute Gasteiger partial charge is 0.496 e. The molecular weight excluding hydrogens is 280 g/mol. The van der Waals surface area contributed by atoms with E-state index in [2.05, 4.69) is 15.9 Å². The number of methoxy groups -OCH3 is 1. The second-order valence-electron chi connectivity index (χ2n) is 4.21. The Bertz CT molecular complexity index is 376. The van der Waals surface area contributed by atoms with E-state index < -0.39 is 0 Å². The molecule has 17 heavy (non-hydrogen) atoms. The van der Waals surface area contributed by atoms with Crippen molar-refractivity contribution >= 4 is 21.7 Å². The average Bonchev–Trinajstić information content (AvgIpc) is 2.28. The second-order valence-corrected chi connectivity index (χ2v) is 5.01. The Hall–Kier alpha value is -0.830. The summed E-state index contributed by atoms with van der Waals surface area (Å²) >= 11 is 3.37. The zero-order valence-corrected chi connectivity index (χ0v) is 12.3. The predicted octanol–water partition coefficient (Wildman–Crippen LogP) is 4.06. The minimum atomic E-state index is 0.222. The maximum absolute atomic E-state index is 12.0. The third-order valence-electron chi connectivity index (χ3n) is 2.77. The van der Waals surface area contributed by atoms with Crippen LogP contribution in [0.3, 0.4) is 0 Å². The van der Waals surface area contributed by atoms with Crippen molar-refractivity contribution in [3.63, 3.8) is 0 Å². The first kappa shape index (κ1) is 14.2. The van der Waals surface area contributed by atoms with E-state index in [0.29, 0.717) is 6.42 Å². The van der Waals surface area contributed by atoms with E-state index in [4.69, 9.17) is 4.74 Å². The van der Waals surface area contributed by atoms with Gasteiger partial charge in [0.05, 0.1) is 7.11 Å². The van der Waals surface area contributed by atoms with Gasteiger partial charge in [-0.3, -0.25) is 4.79 Å². The number of ether oxygens (including phenoxy) is 1. The van der Waals surface area contributed by atoms with Gasteiger partial charge in [0, 0.05) is 17.3 Å². The maximum atomic E-state index is 12.0. The summed E-state index contributed by atoms with van der Waals surface area (Å²) in [4.78, 5) is 12.0. The molecule has 0 amide bonds. The lowest BCUT2D eigenvalue weighted by Gasteiger charge is -2.10. The van der Waals surface area contributed by atoms with Crippen LogP contribution in [0.2, 0.25) is 0 Å². The van der Waals surface area contributed by atoms with Gasteiger partial charge in [-0.15, -0.1) is 0 Å². The number of carbonyl (C=O) groups excluding carboxylic acids is 1. The van der Waals surface area contributed by atoms with E-state index in [0.717, 1.165) is 40.6 Å². The fourth-order valence-corrected chi connectivity index (χ4v) is 2.35. The molecule has 0 aromatic heterocycles. The Kier molecular flexibility index (Phi) is 5.69. The molecule has 0 N–H and O–H groups in total. The van der Waals surface area contributed by atoms with Crippen LogP contribution in [0.5, 0.6) is 5.75 Å². The molecule has 0 aliphatic heterocycles. The fraction of sp³-hybridized carbons (Fsp3) is 0.500. The zero-order valence-electron chi connectivity index (χ0n) is 10.7. The molecule has 1 aromatic carbocycles. The van der Waals surface area contributed by atoms with E-state index in [-0.39, 0.29) is 5.78 Å². The molecule has 0 saturated heterocycles. The molecule has 0 heterocycles. The number of halogens is 1. The summed E-state index contributed by atoms with van der Waals surface area (Å²) in [5, 5.41) is 0.959. The van der Waals surface area contributed by atoms with E-state index >= 15 is 0 Å². The molecule has 0 radical (unpaired) electrons. The Balaban J connectivity index is 2.81. The highest BCUT2D eigenvalue weighted by Crippen LogP contribution is 2.25. The molecule has 0 bridgehead atoms. The molecule has 0 atom stereocenters. The first-order valence-corrected chi connectivity index (χ1v) is 6.96. The highest BCUT2D eigenvalue weighted by Gasteiger charge is 2.10. The molecule has 0 aliphatic carbocycles. The summed E-state index contributed by atoms with van der Waals surface area (Å²) in [5.41, 5.74) is 2.85. The van der Waals surface area contributed by atoms with Gasteiger partial charge < -0.3 is 4.74 Å². The normalized spacial score (nSPS) is 10.4. The number of Topliss-reactive ketones (excluding diaryl/α,β-unsaturated/α-hetero) is 1. The number of hydrogen-bond donors (Lipinski definition) is 0. The molecule has 3 heteroatoms. The van der Waals surface area contributed by atoms with Gasteiger partial charge in [0.25, 0.3) is 0 Å². The Morgan fingerprint density at radius 2 is 1.82 bits per heavy atom. The number of hydrogen-bond acceptors (Lipinski definition) is 2. The monoisotopic (exact) mass is 298 g/mol. The molecule has 1 aromatic rings. The van der Waals surface area contributed by atoms with Crippen LogP contribution in [0.4, 0.5) is 0 Å². The summed E-state index contributed by atoms with van der Waals surface area (Å²) in [6, 6.07) is 3.84. The summed E-state index contributed by atoms with van der Waals surface area (Å²) in [6.45, 7) is 3.95. The molecule has 0 fully saturated rings. The standard InChI is InChI=1S/C14H19BrO2/c1-10-8-12(9-11(2)14(10)17-3)13(16)6-4-5-7-15/h8-9H,4-7H2,1-3H3. The number of aryl methyl sites for hydroxylation is 2. The van der Waals surface area contributed by atoms with Crippen molar-refractivity contribution in [2.45, 2.75) is 33.1 Å². The molecule has 0 saturated carbocycles. The van der Waals surface area contributed by atoms with E-state index in [1.54, 1.807) is 7.11 Å². The first-order chi connectivity index (χ1) is 8.10. The summed E-state index contributed by atoms with van der Waals surface area (Å²) in [7, 11) is 1.66. The highest BCUT2D eigenvalue weighted by atomic mass is 79.9. The number of unbranched alkanes of at least 4 members (excludes halogenated alkanes) is 1. The number of ketones is 1. The fourth-order valence-electron chi connectivity index (χ4n) is 1.96. The number of benzene rings is 1. The van der Waals surface area contributed by atoms with Crippen molar-refractivity contribution in [2.75, 3.05) is 12.4 Å². The van der Waals surface area contributed by atoms with Crippen molar-refractivity contribution in [1.82, 2.24) is 0 Å². The topological polar surface area (TPSA) is 26.3 Å². The predicted molar refractivity (Wildman–Crippen MR) is 74.4 cm³/mol. The van der Waals surface area contributed by atoms with Gasteiger partial charge in [-0.25, -0.2) is 0 Å². The SMILES string of the molecule is COc1c(C)cc(C(=O)CCCCBr)cc1C. The van der Waals surface area contributed by atoms with Gasteiger partial charge >= 0.3 is 0 Å². The van der Waals surface area contributed by atoms with Gasteiger partial charge in [0.1, 0.15) is 5.75 Å². The van der Waals surface area contributed by atoms with Gasteiger partial charge in [-0.2, -0.15) is 0 Å². The summed E-state index contributed by atoms with van der Waals surface area (Å²) < 4.78 is 5.29. The Morgan fingerprint density at radius 1 is 1.24 bits per heavy atom. The summed E-state index contributed by atoms with van der Waals surface area (Å²) in [5.74, 6) is 1.10. The van der Waals surface area contributed by atoms with E-state index in [9.17, 15) is 4.79 Å². The van der Waals surface area contributed by atoms with Crippen molar-refractivity contribution in [3.8, 4) is 5.75 Å². The minimum Gasteiger partial charge on any atom is -0.496 e. The maximum Gasteiger partial charge on any atom is 0.162 e. The zero-order chi connectivity index (χ0) is 12.8. The van der Waals surface area contributed by atoms with Gasteiger partial charge in [0.2, 0.25) is 0 Å². The first-order valence-electron chi connectivity index (χ1n) is 5.84. The Labute approximate surface area is 111 Å². The van der Waals surface area contributed by atoms with Crippen molar-refractivity contribution in [3.05, 3.63) is 28.8 Å². The van der Waals surface area contributed by atoms with Crippen molar-refractivity contribution in [2.24, 2.45) is 0 Å².